The van der Waals surface area contributed by atoms with Crippen molar-refractivity contribution in [1.82, 2.24) is 9.78 Å². The Bertz CT molecular complexity index is 1560. The van der Waals surface area contributed by atoms with Crippen molar-refractivity contribution in [3.05, 3.63) is 77.5 Å². The zero-order chi connectivity index (χ0) is 28.3. The van der Waals surface area contributed by atoms with Crippen molar-refractivity contribution in [2.75, 3.05) is 26.6 Å². The summed E-state index contributed by atoms with van der Waals surface area (Å²) in [6.07, 6.45) is 0. The summed E-state index contributed by atoms with van der Waals surface area (Å²) in [5, 5.41) is 17.1. The minimum atomic E-state index is -1.25. The monoisotopic (exact) mass is 532 g/mol. The lowest BCUT2D eigenvalue weighted by Gasteiger charge is -2.27. The molecule has 3 aromatic carbocycles. The van der Waals surface area contributed by atoms with Crippen LogP contribution < -0.4 is 25.3 Å². The fourth-order valence-corrected chi connectivity index (χ4v) is 4.28. The minimum absolute atomic E-state index is 0.0181. The third-order valence-electron chi connectivity index (χ3n) is 6.60. The maximum atomic E-state index is 12.8. The number of anilines is 1. The van der Waals surface area contributed by atoms with E-state index in [2.05, 4.69) is 10.4 Å². The number of aromatic carboxylic acids is 1. The minimum Gasteiger partial charge on any atom is -0.497 e. The van der Waals surface area contributed by atoms with Crippen LogP contribution in [0.25, 0.3) is 10.9 Å². The molecule has 0 aliphatic heterocycles. The summed E-state index contributed by atoms with van der Waals surface area (Å²) in [4.78, 5) is 37.3. The van der Waals surface area contributed by atoms with E-state index in [1.54, 1.807) is 67.6 Å². The number of aromatic nitrogens is 2. The number of nitrogens with zero attached hydrogens (tertiary/aromatic N) is 2. The molecule has 2 amide bonds. The Morgan fingerprint density at radius 3 is 2.23 bits per heavy atom. The lowest BCUT2D eigenvalue weighted by molar-refractivity contribution is -0.123. The predicted octanol–water partition coefficient (Wildman–Crippen LogP) is 3.46. The molecule has 202 valence electrons. The smallest absolute Gasteiger partial charge is 0.357 e. The number of carbonyl (C=O) groups excluding carboxylic acids is 2. The van der Waals surface area contributed by atoms with Crippen LogP contribution >= 0.6 is 0 Å². The summed E-state index contributed by atoms with van der Waals surface area (Å²) in [6.45, 7) is 1.64. The largest absolute Gasteiger partial charge is 0.497 e. The number of primary amides is 1. The number of hydrogen-bond donors (Lipinski definition) is 3. The quantitative estimate of drug-likeness (QED) is 0.280. The van der Waals surface area contributed by atoms with E-state index in [1.807, 2.05) is 0 Å². The average Bonchev–Trinajstić information content (AvgIpc) is 3.30. The molecule has 1 aromatic heterocycles. The molecule has 11 nitrogen and oxygen atoms in total. The van der Waals surface area contributed by atoms with Crippen LogP contribution in [0.2, 0.25) is 0 Å². The van der Waals surface area contributed by atoms with E-state index in [4.69, 9.17) is 19.9 Å². The molecule has 1 heterocycles. The van der Waals surface area contributed by atoms with Gasteiger partial charge < -0.3 is 30.4 Å². The van der Waals surface area contributed by atoms with Crippen LogP contribution in [0.3, 0.4) is 0 Å². The van der Waals surface area contributed by atoms with Gasteiger partial charge in [0.2, 0.25) is 5.91 Å². The number of methoxy groups -OCH3 is 3. The summed E-state index contributed by atoms with van der Waals surface area (Å²) in [6, 6.07) is 16.5. The van der Waals surface area contributed by atoms with Gasteiger partial charge in [-0.3, -0.25) is 14.3 Å². The second kappa shape index (κ2) is 10.7. The van der Waals surface area contributed by atoms with E-state index < -0.39 is 17.3 Å². The van der Waals surface area contributed by atoms with Gasteiger partial charge in [-0.15, -0.1) is 0 Å². The van der Waals surface area contributed by atoms with Crippen molar-refractivity contribution in [2.24, 2.45) is 5.73 Å². The molecule has 0 aliphatic rings. The Hall–Kier alpha value is -5.06. The third kappa shape index (κ3) is 5.19. The first kappa shape index (κ1) is 27.0. The lowest BCUT2D eigenvalue weighted by atomic mass is 9.81. The molecule has 1 atom stereocenters. The molecule has 0 aliphatic carbocycles. The van der Waals surface area contributed by atoms with Gasteiger partial charge in [0.25, 0.3) is 5.91 Å². The van der Waals surface area contributed by atoms with Crippen molar-refractivity contribution in [2.45, 2.75) is 18.9 Å². The van der Waals surface area contributed by atoms with Crippen LogP contribution in [0, 0.1) is 0 Å². The van der Waals surface area contributed by atoms with Gasteiger partial charge in [-0.05, 0) is 61.0 Å². The molecule has 4 N–H and O–H groups in total. The van der Waals surface area contributed by atoms with E-state index in [0.29, 0.717) is 45.0 Å². The number of ether oxygens (including phenoxy) is 3. The summed E-state index contributed by atoms with van der Waals surface area (Å²) >= 11 is 0. The molecular weight excluding hydrogens is 504 g/mol. The molecule has 0 bridgehead atoms. The SMILES string of the molecule is COc1ccc2c(c1)c(C(=O)O)nn2CC(C)(C(N)=O)c1ccc(NC(=O)c2ccc(OC)c(OC)c2)cc1. The summed E-state index contributed by atoms with van der Waals surface area (Å²) in [7, 11) is 4.48. The predicted molar refractivity (Wildman–Crippen MR) is 144 cm³/mol. The second-order valence-electron chi connectivity index (χ2n) is 8.99. The number of benzene rings is 3. The number of amides is 2. The van der Waals surface area contributed by atoms with E-state index >= 15 is 0 Å². The van der Waals surface area contributed by atoms with Gasteiger partial charge in [-0.1, -0.05) is 12.1 Å². The van der Waals surface area contributed by atoms with Crippen molar-refractivity contribution in [3.63, 3.8) is 0 Å². The number of rotatable bonds is 10. The van der Waals surface area contributed by atoms with Crippen LogP contribution in [-0.2, 0) is 16.8 Å². The van der Waals surface area contributed by atoms with Crippen LogP contribution in [-0.4, -0.2) is 54.0 Å². The first-order valence-electron chi connectivity index (χ1n) is 11.8. The summed E-state index contributed by atoms with van der Waals surface area (Å²) in [5.74, 6) is -0.785. The number of carbonyl (C=O) groups is 3. The zero-order valence-corrected chi connectivity index (χ0v) is 21.8. The van der Waals surface area contributed by atoms with Crippen LogP contribution in [0.5, 0.6) is 17.2 Å². The first-order chi connectivity index (χ1) is 18.6. The molecule has 0 spiro atoms. The van der Waals surface area contributed by atoms with Gasteiger partial charge in [0.05, 0.1) is 38.8 Å². The van der Waals surface area contributed by atoms with Crippen molar-refractivity contribution < 1.29 is 33.7 Å². The molecule has 0 saturated heterocycles. The van der Waals surface area contributed by atoms with Crippen LogP contribution in [0.4, 0.5) is 5.69 Å². The maximum Gasteiger partial charge on any atom is 0.357 e. The number of carboxylic acid groups (broad SMARTS) is 1. The molecule has 1 unspecified atom stereocenters. The molecule has 4 aromatic rings. The molecule has 39 heavy (non-hydrogen) atoms. The van der Waals surface area contributed by atoms with Gasteiger partial charge in [0.15, 0.2) is 17.2 Å². The van der Waals surface area contributed by atoms with E-state index in [1.165, 1.54) is 26.0 Å². The highest BCUT2D eigenvalue weighted by Gasteiger charge is 2.35. The molecular formula is C28H28N4O7. The van der Waals surface area contributed by atoms with Gasteiger partial charge >= 0.3 is 5.97 Å². The lowest BCUT2D eigenvalue weighted by Crippen LogP contribution is -2.42. The van der Waals surface area contributed by atoms with E-state index in [9.17, 15) is 19.5 Å². The summed E-state index contributed by atoms with van der Waals surface area (Å²) < 4.78 is 17.1. The van der Waals surface area contributed by atoms with Crippen molar-refractivity contribution >= 4 is 34.4 Å². The normalized spacial score (nSPS) is 12.4. The van der Waals surface area contributed by atoms with Crippen LogP contribution in [0.1, 0.15) is 33.3 Å². The van der Waals surface area contributed by atoms with E-state index in [0.717, 1.165) is 0 Å². The fraction of sp³-hybridized carbons (Fsp3) is 0.214. The fourth-order valence-electron chi connectivity index (χ4n) is 4.28. The van der Waals surface area contributed by atoms with Gasteiger partial charge in [-0.2, -0.15) is 5.10 Å². The molecule has 0 saturated carbocycles. The Kier molecular flexibility index (Phi) is 7.43. The van der Waals surface area contributed by atoms with Gasteiger partial charge in [0, 0.05) is 16.6 Å². The highest BCUT2D eigenvalue weighted by molar-refractivity contribution is 6.05. The average molecular weight is 533 g/mol. The second-order valence-corrected chi connectivity index (χ2v) is 8.99. The highest BCUT2D eigenvalue weighted by atomic mass is 16.5. The Morgan fingerprint density at radius 1 is 0.949 bits per heavy atom. The Morgan fingerprint density at radius 2 is 1.64 bits per heavy atom. The molecule has 0 fully saturated rings. The van der Waals surface area contributed by atoms with E-state index in [-0.39, 0.29) is 18.1 Å². The Labute approximate surface area is 224 Å². The van der Waals surface area contributed by atoms with Gasteiger partial charge in [0.1, 0.15) is 5.75 Å². The number of nitrogens with one attached hydrogen (secondary N) is 1. The number of carboxylic acids is 1. The van der Waals surface area contributed by atoms with Crippen molar-refractivity contribution in [3.8, 4) is 17.2 Å². The highest BCUT2D eigenvalue weighted by Crippen LogP contribution is 2.31. The first-order valence-corrected chi connectivity index (χ1v) is 11.8. The van der Waals surface area contributed by atoms with Gasteiger partial charge in [-0.25, -0.2) is 4.79 Å². The maximum absolute atomic E-state index is 12.8. The third-order valence-corrected chi connectivity index (χ3v) is 6.60. The zero-order valence-electron chi connectivity index (χ0n) is 21.8. The molecule has 4 rings (SSSR count). The van der Waals surface area contributed by atoms with Crippen molar-refractivity contribution in [1.29, 1.82) is 0 Å². The molecule has 0 radical (unpaired) electrons. The number of fused-ring (bicyclic) bond motifs is 1. The molecule has 11 heteroatoms. The van der Waals surface area contributed by atoms with Crippen LogP contribution in [0.15, 0.2) is 60.7 Å². The Balaban J connectivity index is 1.61. The summed E-state index contributed by atoms with van der Waals surface area (Å²) in [5.41, 5.74) is 6.37. The number of hydrogen-bond acceptors (Lipinski definition) is 7. The topological polar surface area (TPSA) is 155 Å². The number of nitrogens with two attached hydrogens (primary N) is 1. The standard InChI is InChI=1S/C28H28N4O7/c1-28(27(29)36,15-32-21-11-10-19(37-2)14-20(21)24(31-32)26(34)35)17-6-8-18(9-7-17)30-25(33)16-5-12-22(38-3)23(13-16)39-4/h5-14H,15H2,1-4H3,(H2,29,36)(H,30,33)(H,34,35).